The van der Waals surface area contributed by atoms with Gasteiger partial charge in [-0.1, -0.05) is 117 Å². The first-order chi connectivity index (χ1) is 20.7. The van der Waals surface area contributed by atoms with E-state index < -0.39 is 11.9 Å². The van der Waals surface area contributed by atoms with Gasteiger partial charge < -0.3 is 29.8 Å². The summed E-state index contributed by atoms with van der Waals surface area (Å²) in [7, 11) is 3.85. The minimum atomic E-state index is -0.909. The Balaban J connectivity index is -0.000000247. The maximum atomic E-state index is 10.1. The van der Waals surface area contributed by atoms with Crippen molar-refractivity contribution in [3.63, 3.8) is 0 Å². The largest absolute Gasteiger partial charge is 0.395 e. The number of likely N-dealkylation sites (N-methyl/N-ethyl adjacent to an activating group) is 1. The molecule has 0 heterocycles. The standard InChI is InChI=1S/2C12H24O2.C4H11NO.2C4H9.Sn/c2*1-2-3-4-5-6-7-8-9-10-11-12(13)14;1-5(2)3-4-6;2*1-3-4-2;/h2*2-11H2,1H3,(H,13,14);6H,3-4H2,1-2H3;2*1,3-4H2,2H3;/q;;;;;+2/p-2. The van der Waals surface area contributed by atoms with Crippen LogP contribution in [0.1, 0.15) is 182 Å². The minimum Gasteiger partial charge on any atom is -0.395 e. The molecule has 0 aliphatic heterocycles. The molecule has 0 aliphatic rings. The number of rotatable bonds is 28. The molecule has 0 radical (unpaired) electrons. The number of carbonyl (C=O) groups excluding carboxylic acids is 2. The number of aliphatic carboxylic acids is 2. The molecule has 1 N–H and O–H groups in total. The van der Waals surface area contributed by atoms with E-state index in [9.17, 15) is 19.8 Å². The van der Waals surface area contributed by atoms with E-state index in [1.165, 1.54) is 116 Å². The quantitative estimate of drug-likeness (QED) is 0.0650. The molecule has 0 spiro atoms. The van der Waals surface area contributed by atoms with Crippen molar-refractivity contribution in [2.24, 2.45) is 0 Å². The van der Waals surface area contributed by atoms with E-state index >= 15 is 0 Å². The van der Waals surface area contributed by atoms with Crippen LogP contribution in [0.3, 0.4) is 0 Å². The van der Waals surface area contributed by atoms with Crippen molar-refractivity contribution in [1.82, 2.24) is 4.90 Å². The fraction of sp³-hybridized carbons (Fsp3) is 0.944. The Kier molecular flexibility index (Phi) is 55.9. The van der Waals surface area contributed by atoms with Crippen LogP contribution in [-0.2, 0) is 9.59 Å². The topological polar surface area (TPSA) is 104 Å². The smallest absolute Gasteiger partial charge is 0.0558 e. The second-order valence-electron chi connectivity index (χ2n) is 11.9. The van der Waals surface area contributed by atoms with Gasteiger partial charge in [-0.15, -0.1) is 0 Å². The Morgan fingerprint density at radius 2 is 0.791 bits per heavy atom. The zero-order valence-corrected chi connectivity index (χ0v) is 32.7. The number of carboxylic acids is 2. The van der Waals surface area contributed by atoms with Gasteiger partial charge >= 0.3 is 69.5 Å². The number of carbonyl (C=O) groups is 2. The Bertz CT molecular complexity index is 468. The van der Waals surface area contributed by atoms with Crippen molar-refractivity contribution in [3.8, 4) is 0 Å². The number of aliphatic hydroxyl groups is 1. The number of hydrogen-bond donors (Lipinski definition) is 1. The zero-order chi connectivity index (χ0) is 33.2. The molecule has 0 aromatic rings. The summed E-state index contributed by atoms with van der Waals surface area (Å²) < 4.78 is 3.25. The summed E-state index contributed by atoms with van der Waals surface area (Å²) in [5.74, 6) is -1.82. The number of carboxylic acid groups (broad SMARTS) is 2. The molecule has 0 atom stereocenters. The normalized spacial score (nSPS) is 10.0. The Hall–Kier alpha value is -0.341. The van der Waals surface area contributed by atoms with Gasteiger partial charge in [-0.3, -0.25) is 0 Å². The van der Waals surface area contributed by atoms with Gasteiger partial charge in [0.25, 0.3) is 0 Å². The van der Waals surface area contributed by atoms with Gasteiger partial charge in [0, 0.05) is 18.5 Å². The van der Waals surface area contributed by atoms with Crippen LogP contribution in [0.15, 0.2) is 0 Å². The molecule has 0 unspecified atom stereocenters. The molecule has 6 nitrogen and oxygen atoms in total. The summed E-state index contributed by atoms with van der Waals surface area (Å²) in [5.41, 5.74) is 0. The average Bonchev–Trinajstić information content (AvgIpc) is 2.96. The molecule has 43 heavy (non-hydrogen) atoms. The van der Waals surface area contributed by atoms with E-state index in [1.54, 1.807) is 8.87 Å². The summed E-state index contributed by atoms with van der Waals surface area (Å²) in [6.45, 7) is 10.0. The van der Waals surface area contributed by atoms with Crippen LogP contribution in [-0.4, -0.2) is 70.3 Å². The average molecular weight is 721 g/mol. The summed E-state index contributed by atoms with van der Waals surface area (Å²) in [6, 6.07) is 0. The van der Waals surface area contributed by atoms with Gasteiger partial charge in [0.2, 0.25) is 0 Å². The Morgan fingerprint density at radius 1 is 0.512 bits per heavy atom. The summed E-state index contributed by atoms with van der Waals surface area (Å²) in [6.07, 6.45) is 28.2. The molecule has 0 amide bonds. The molecule has 0 aromatic carbocycles. The van der Waals surface area contributed by atoms with Crippen molar-refractivity contribution in [2.75, 3.05) is 27.2 Å². The fourth-order valence-electron chi connectivity index (χ4n) is 4.09. The van der Waals surface area contributed by atoms with Crippen molar-refractivity contribution in [1.29, 1.82) is 0 Å². The number of unbranched alkanes of at least 4 members (excludes halogenated alkanes) is 18. The maximum absolute atomic E-state index is 10.1. The van der Waals surface area contributed by atoms with Crippen LogP contribution in [0.25, 0.3) is 0 Å². The number of nitrogens with zero attached hydrogens (tertiary/aromatic N) is 1. The van der Waals surface area contributed by atoms with Crippen LogP contribution < -0.4 is 10.2 Å². The van der Waals surface area contributed by atoms with Gasteiger partial charge in [-0.25, -0.2) is 0 Å². The van der Waals surface area contributed by atoms with Gasteiger partial charge in [-0.2, -0.15) is 0 Å². The van der Waals surface area contributed by atoms with Crippen molar-refractivity contribution < 1.29 is 24.9 Å². The molecular formula is C36H75NO5Sn. The van der Waals surface area contributed by atoms with E-state index in [2.05, 4.69) is 27.7 Å². The van der Waals surface area contributed by atoms with Crippen molar-refractivity contribution in [3.05, 3.63) is 0 Å². The fourth-order valence-corrected chi connectivity index (χ4v) is 8.25. The molecule has 0 aliphatic carbocycles. The second kappa shape index (κ2) is 48.6. The number of aliphatic hydroxyl groups excluding tert-OH is 1. The summed E-state index contributed by atoms with van der Waals surface area (Å²) in [5, 5.41) is 28.4. The van der Waals surface area contributed by atoms with E-state index in [4.69, 9.17) is 5.11 Å². The van der Waals surface area contributed by atoms with E-state index in [1.807, 2.05) is 19.0 Å². The molecule has 7 heteroatoms. The van der Waals surface area contributed by atoms with E-state index in [-0.39, 0.29) is 40.6 Å². The first-order valence-electron chi connectivity index (χ1n) is 18.1. The third-order valence-corrected chi connectivity index (χ3v) is 11.0. The molecule has 0 saturated heterocycles. The minimum absolute atomic E-state index is 0.149. The number of hydrogen-bond acceptors (Lipinski definition) is 6. The molecule has 0 bridgehead atoms. The van der Waals surface area contributed by atoms with Crippen molar-refractivity contribution >= 4 is 33.1 Å². The molecular weight excluding hydrogens is 645 g/mol. The summed E-state index contributed by atoms with van der Waals surface area (Å²) in [4.78, 5) is 22.1. The zero-order valence-electron chi connectivity index (χ0n) is 29.8. The van der Waals surface area contributed by atoms with Gasteiger partial charge in [-0.05, 0) is 39.8 Å². The summed E-state index contributed by atoms with van der Waals surface area (Å²) >= 11 is 0.149. The predicted octanol–water partition coefficient (Wildman–Crippen LogP) is 7.98. The molecule has 0 saturated carbocycles. The Labute approximate surface area is 279 Å². The maximum Gasteiger partial charge on any atom is 0.0558 e. The van der Waals surface area contributed by atoms with E-state index in [0.29, 0.717) is 0 Å². The first kappa shape index (κ1) is 49.5. The van der Waals surface area contributed by atoms with Crippen LogP contribution in [0.5, 0.6) is 0 Å². The molecule has 0 aromatic heterocycles. The SMILES string of the molecule is CCCCCCCCCCCC(=O)[O-].CCCCCCCCCCCC(=O)[O-].CCC[CH2][Sn+2][CH2]CCC.CN(C)CCO. The molecule has 0 fully saturated rings. The van der Waals surface area contributed by atoms with E-state index in [0.717, 1.165) is 32.2 Å². The first-order valence-corrected chi connectivity index (χ1v) is 22.1. The molecule has 0 rings (SSSR count). The van der Waals surface area contributed by atoms with Gasteiger partial charge in [0.1, 0.15) is 0 Å². The monoisotopic (exact) mass is 721 g/mol. The molecule has 258 valence electrons. The van der Waals surface area contributed by atoms with Gasteiger partial charge in [0.05, 0.1) is 6.61 Å². The van der Waals surface area contributed by atoms with Gasteiger partial charge in [0.15, 0.2) is 0 Å². The second-order valence-corrected chi connectivity index (χ2v) is 16.2. The van der Waals surface area contributed by atoms with Crippen molar-refractivity contribution in [2.45, 2.75) is 191 Å². The Morgan fingerprint density at radius 3 is 1.00 bits per heavy atom. The van der Waals surface area contributed by atoms with Crippen LogP contribution >= 0.6 is 0 Å². The van der Waals surface area contributed by atoms with Crippen LogP contribution in [0.2, 0.25) is 8.87 Å². The predicted molar refractivity (Wildman–Crippen MR) is 185 cm³/mol. The third-order valence-electron chi connectivity index (χ3n) is 6.93. The third kappa shape index (κ3) is 69.7. The van der Waals surface area contributed by atoms with Crippen LogP contribution in [0.4, 0.5) is 0 Å². The van der Waals surface area contributed by atoms with Crippen LogP contribution in [0, 0.1) is 0 Å².